The van der Waals surface area contributed by atoms with Gasteiger partial charge in [0.1, 0.15) is 5.76 Å². The maximum atomic E-state index is 13.0. The van der Waals surface area contributed by atoms with Gasteiger partial charge in [-0.2, -0.15) is 0 Å². The topological polar surface area (TPSA) is 71.5 Å². The van der Waals surface area contributed by atoms with Gasteiger partial charge in [0.05, 0.1) is 12.8 Å². The number of hydrogen-bond acceptors (Lipinski definition) is 3. The lowest BCUT2D eigenvalue weighted by Crippen LogP contribution is -2.46. The number of furan rings is 1. The first-order chi connectivity index (χ1) is 15.1. The third-order valence-electron chi connectivity index (χ3n) is 5.32. The quantitative estimate of drug-likeness (QED) is 0.440. The van der Waals surface area contributed by atoms with E-state index in [1.165, 1.54) is 11.1 Å². The van der Waals surface area contributed by atoms with Crippen molar-refractivity contribution >= 4 is 11.7 Å². The first-order valence-electron chi connectivity index (χ1n) is 11.1. The second kappa shape index (κ2) is 11.4. The van der Waals surface area contributed by atoms with E-state index in [0.29, 0.717) is 18.8 Å². The number of anilines is 1. The molecule has 0 aliphatic rings. The van der Waals surface area contributed by atoms with Gasteiger partial charge < -0.3 is 15.5 Å². The summed E-state index contributed by atoms with van der Waals surface area (Å²) >= 11 is 0. The molecule has 0 bridgehead atoms. The van der Waals surface area contributed by atoms with Gasteiger partial charge in [-0.15, -0.1) is 0 Å². The highest BCUT2D eigenvalue weighted by molar-refractivity contribution is 5.92. The molecule has 0 radical (unpaired) electrons. The van der Waals surface area contributed by atoms with Crippen molar-refractivity contribution in [1.29, 1.82) is 0 Å². The molecule has 0 saturated carbocycles. The van der Waals surface area contributed by atoms with Gasteiger partial charge in [0.25, 0.3) is 0 Å². The molecule has 1 aromatic heterocycles. The molecule has 164 valence electrons. The smallest absolute Gasteiger partial charge is 0.322 e. The van der Waals surface area contributed by atoms with Gasteiger partial charge in [0, 0.05) is 18.3 Å². The van der Waals surface area contributed by atoms with E-state index >= 15 is 0 Å². The van der Waals surface area contributed by atoms with E-state index in [4.69, 9.17) is 10.2 Å². The molecule has 0 fully saturated rings. The van der Waals surface area contributed by atoms with Crippen LogP contribution in [0.15, 0.2) is 71.3 Å². The van der Waals surface area contributed by atoms with Crippen LogP contribution in [0.5, 0.6) is 0 Å². The molecule has 1 heterocycles. The van der Waals surface area contributed by atoms with Crippen molar-refractivity contribution in [2.45, 2.75) is 52.1 Å². The van der Waals surface area contributed by atoms with Gasteiger partial charge in [-0.25, -0.2) is 4.79 Å². The number of aryl methyl sites for hydroxylation is 1. The first kappa shape index (κ1) is 22.6. The van der Waals surface area contributed by atoms with Crippen LogP contribution < -0.4 is 16.0 Å². The molecule has 2 amide bonds. The molecule has 0 spiro atoms. The molecule has 1 atom stereocenters. The summed E-state index contributed by atoms with van der Waals surface area (Å²) in [5.41, 5.74) is 10.7. The third-order valence-corrected chi connectivity index (χ3v) is 5.32. The predicted octanol–water partition coefficient (Wildman–Crippen LogP) is 5.74. The second-order valence-electron chi connectivity index (χ2n) is 7.89. The minimum atomic E-state index is -0.181. The molecule has 5 nitrogen and oxygen atoms in total. The normalized spacial score (nSPS) is 11.8. The summed E-state index contributed by atoms with van der Waals surface area (Å²) in [5, 5.41) is 2.93. The van der Waals surface area contributed by atoms with Crippen LogP contribution >= 0.6 is 0 Å². The number of benzene rings is 2. The van der Waals surface area contributed by atoms with Crippen LogP contribution in [0, 0.1) is 0 Å². The Labute approximate surface area is 185 Å². The van der Waals surface area contributed by atoms with Crippen molar-refractivity contribution in [2.24, 2.45) is 5.73 Å². The Morgan fingerprint density at radius 1 is 1.00 bits per heavy atom. The number of nitrogens with one attached hydrogen (secondary N) is 1. The second-order valence-corrected chi connectivity index (χ2v) is 7.89. The zero-order valence-corrected chi connectivity index (χ0v) is 18.5. The Morgan fingerprint density at radius 3 is 2.26 bits per heavy atom. The Morgan fingerprint density at radius 2 is 1.68 bits per heavy atom. The lowest BCUT2D eigenvalue weighted by molar-refractivity contribution is 0.244. The highest BCUT2D eigenvalue weighted by Crippen LogP contribution is 2.24. The molecule has 0 aliphatic heterocycles. The Hall–Kier alpha value is -3.05. The summed E-state index contributed by atoms with van der Waals surface area (Å²) in [7, 11) is 0. The summed E-state index contributed by atoms with van der Waals surface area (Å²) in [5.74, 6) is 0.716. The number of nitrogens with zero attached hydrogens (tertiary/aromatic N) is 1. The molecular weight excluding hydrogens is 386 g/mol. The van der Waals surface area contributed by atoms with E-state index in [1.807, 2.05) is 24.3 Å². The SMILES string of the molecule is CCCc1ccc(-c2ccc(N(CC(N)CCC)C(=O)NCc3ccco3)cc2)cc1. The summed E-state index contributed by atoms with van der Waals surface area (Å²) in [6.07, 6.45) is 5.69. The van der Waals surface area contributed by atoms with Crippen molar-refractivity contribution in [3.63, 3.8) is 0 Å². The lowest BCUT2D eigenvalue weighted by atomic mass is 10.0. The molecule has 0 aliphatic carbocycles. The van der Waals surface area contributed by atoms with Crippen LogP contribution in [0.4, 0.5) is 10.5 Å². The molecule has 5 heteroatoms. The molecule has 1 unspecified atom stereocenters. The number of carbonyl (C=O) groups excluding carboxylic acids is 1. The standard InChI is InChI=1S/C26H33N3O2/c1-3-6-20-9-11-21(12-10-20)22-13-15-24(16-14-22)29(19-23(27)7-4-2)26(30)28-18-25-8-5-17-31-25/h5,8-17,23H,3-4,6-7,18-19,27H2,1-2H3,(H,28,30). The molecule has 3 N–H and O–H groups in total. The lowest BCUT2D eigenvalue weighted by Gasteiger charge is -2.26. The van der Waals surface area contributed by atoms with Crippen LogP contribution in [-0.4, -0.2) is 18.6 Å². The molecular formula is C26H33N3O2. The summed E-state index contributed by atoms with van der Waals surface area (Å²) in [6.45, 7) is 5.09. The van der Waals surface area contributed by atoms with E-state index in [9.17, 15) is 4.79 Å². The van der Waals surface area contributed by atoms with Crippen molar-refractivity contribution in [1.82, 2.24) is 5.32 Å². The minimum absolute atomic E-state index is 0.0786. The number of urea groups is 1. The van der Waals surface area contributed by atoms with Gasteiger partial charge in [0.15, 0.2) is 0 Å². The fourth-order valence-electron chi connectivity index (χ4n) is 3.66. The number of amides is 2. The monoisotopic (exact) mass is 419 g/mol. The van der Waals surface area contributed by atoms with E-state index in [-0.39, 0.29) is 12.1 Å². The fourth-order valence-corrected chi connectivity index (χ4v) is 3.66. The van der Waals surface area contributed by atoms with E-state index < -0.39 is 0 Å². The van der Waals surface area contributed by atoms with E-state index in [2.05, 4.69) is 55.6 Å². The van der Waals surface area contributed by atoms with Crippen molar-refractivity contribution in [2.75, 3.05) is 11.4 Å². The zero-order chi connectivity index (χ0) is 22.1. The van der Waals surface area contributed by atoms with E-state index in [1.54, 1.807) is 11.2 Å². The van der Waals surface area contributed by atoms with Gasteiger partial charge in [0.2, 0.25) is 0 Å². The average Bonchev–Trinajstić information content (AvgIpc) is 3.31. The van der Waals surface area contributed by atoms with Crippen LogP contribution in [0.3, 0.4) is 0 Å². The fraction of sp³-hybridized carbons (Fsp3) is 0.346. The molecule has 31 heavy (non-hydrogen) atoms. The average molecular weight is 420 g/mol. The Bertz CT molecular complexity index is 918. The number of rotatable bonds is 10. The maximum absolute atomic E-state index is 13.0. The number of carbonyl (C=O) groups is 1. The molecule has 3 rings (SSSR count). The van der Waals surface area contributed by atoms with Crippen LogP contribution in [0.2, 0.25) is 0 Å². The summed E-state index contributed by atoms with van der Waals surface area (Å²) in [6, 6.07) is 20.2. The van der Waals surface area contributed by atoms with Gasteiger partial charge in [-0.05, 0) is 53.8 Å². The highest BCUT2D eigenvalue weighted by Gasteiger charge is 2.19. The summed E-state index contributed by atoms with van der Waals surface area (Å²) in [4.78, 5) is 14.7. The third kappa shape index (κ3) is 6.46. The number of nitrogens with two attached hydrogens (primary N) is 1. The zero-order valence-electron chi connectivity index (χ0n) is 18.5. The minimum Gasteiger partial charge on any atom is -0.467 e. The summed E-state index contributed by atoms with van der Waals surface area (Å²) < 4.78 is 5.32. The Balaban J connectivity index is 1.74. The van der Waals surface area contributed by atoms with Gasteiger partial charge >= 0.3 is 6.03 Å². The maximum Gasteiger partial charge on any atom is 0.322 e. The van der Waals surface area contributed by atoms with E-state index in [0.717, 1.165) is 36.9 Å². The molecule has 3 aromatic rings. The van der Waals surface area contributed by atoms with Crippen LogP contribution in [0.25, 0.3) is 11.1 Å². The first-order valence-corrected chi connectivity index (χ1v) is 11.1. The molecule has 2 aromatic carbocycles. The van der Waals surface area contributed by atoms with Crippen molar-refractivity contribution < 1.29 is 9.21 Å². The number of hydrogen-bond donors (Lipinski definition) is 2. The largest absolute Gasteiger partial charge is 0.467 e. The van der Waals surface area contributed by atoms with Gasteiger partial charge in [-0.1, -0.05) is 63.1 Å². The van der Waals surface area contributed by atoms with Crippen LogP contribution in [-0.2, 0) is 13.0 Å². The van der Waals surface area contributed by atoms with Crippen molar-refractivity contribution in [3.05, 3.63) is 78.3 Å². The van der Waals surface area contributed by atoms with Crippen molar-refractivity contribution in [3.8, 4) is 11.1 Å². The Kier molecular flexibility index (Phi) is 8.30. The molecule has 0 saturated heterocycles. The highest BCUT2D eigenvalue weighted by atomic mass is 16.3. The van der Waals surface area contributed by atoms with Gasteiger partial charge in [-0.3, -0.25) is 4.90 Å². The van der Waals surface area contributed by atoms with Crippen LogP contribution in [0.1, 0.15) is 44.4 Å². The predicted molar refractivity (Wildman–Crippen MR) is 127 cm³/mol.